The first-order valence-electron chi connectivity index (χ1n) is 11.7. The van der Waals surface area contributed by atoms with E-state index in [0.717, 1.165) is 50.3 Å². The minimum Gasteiger partial charge on any atom is -0.465 e. The van der Waals surface area contributed by atoms with Crippen LogP contribution < -0.4 is 0 Å². The van der Waals surface area contributed by atoms with Crippen LogP contribution in [0.25, 0.3) is 0 Å². The summed E-state index contributed by atoms with van der Waals surface area (Å²) in [6.45, 7) is 10.4. The summed E-state index contributed by atoms with van der Waals surface area (Å²) in [4.78, 5) is 38.7. The van der Waals surface area contributed by atoms with Crippen molar-refractivity contribution in [2.45, 2.75) is 84.2 Å². The summed E-state index contributed by atoms with van der Waals surface area (Å²) in [7, 11) is 0. The van der Waals surface area contributed by atoms with E-state index in [1.807, 2.05) is 0 Å². The summed E-state index contributed by atoms with van der Waals surface area (Å²) in [5.41, 5.74) is -1.46. The lowest BCUT2D eigenvalue weighted by atomic mass is 9.40. The van der Waals surface area contributed by atoms with Crippen molar-refractivity contribution in [2.75, 3.05) is 11.9 Å². The highest BCUT2D eigenvalue weighted by Gasteiger charge is 2.72. The van der Waals surface area contributed by atoms with Crippen LogP contribution in [-0.4, -0.2) is 35.3 Å². The summed E-state index contributed by atoms with van der Waals surface area (Å²) in [6.07, 6.45) is 7.26. The number of carbonyl (C=O) groups excluding carboxylic acids is 3. The maximum atomic E-state index is 13.6. The zero-order chi connectivity index (χ0) is 22.7. The van der Waals surface area contributed by atoms with Crippen molar-refractivity contribution in [3.05, 3.63) is 12.2 Å². The largest absolute Gasteiger partial charge is 0.465 e. The second kappa shape index (κ2) is 7.71. The SMILES string of the molecule is C=C1C(=O)[C@@]23CC[C@H]4[C@@](C)(CCC[C@@]4(C)C(=O)OCCCBr)[C@@H]2CC[C@@]1(OC(C)=O)C3. The van der Waals surface area contributed by atoms with Crippen LogP contribution in [0, 0.1) is 28.1 Å². The Hall–Kier alpha value is -1.17. The first-order valence-corrected chi connectivity index (χ1v) is 12.8. The maximum absolute atomic E-state index is 13.6. The van der Waals surface area contributed by atoms with Gasteiger partial charge in [0.25, 0.3) is 0 Å². The number of hydrogen-bond acceptors (Lipinski definition) is 5. The highest BCUT2D eigenvalue weighted by molar-refractivity contribution is 9.09. The van der Waals surface area contributed by atoms with Gasteiger partial charge in [-0.3, -0.25) is 14.4 Å². The van der Waals surface area contributed by atoms with E-state index in [-0.39, 0.29) is 35.0 Å². The number of fused-ring (bicyclic) bond motifs is 3. The summed E-state index contributed by atoms with van der Waals surface area (Å²) in [5.74, 6) is 0.0596. The predicted octanol–water partition coefficient (Wildman–Crippen LogP) is 5.15. The molecule has 31 heavy (non-hydrogen) atoms. The third kappa shape index (κ3) is 3.18. The summed E-state index contributed by atoms with van der Waals surface area (Å²) in [6, 6.07) is 0. The van der Waals surface area contributed by atoms with E-state index in [4.69, 9.17) is 9.47 Å². The lowest BCUT2D eigenvalue weighted by Gasteiger charge is -2.63. The van der Waals surface area contributed by atoms with Crippen molar-refractivity contribution < 1.29 is 23.9 Å². The number of hydrogen-bond donors (Lipinski definition) is 0. The van der Waals surface area contributed by atoms with Crippen LogP contribution in [-0.2, 0) is 23.9 Å². The molecule has 4 saturated carbocycles. The van der Waals surface area contributed by atoms with Gasteiger partial charge in [-0.1, -0.05) is 35.9 Å². The molecule has 0 amide bonds. The fourth-order valence-electron chi connectivity index (χ4n) is 8.15. The Balaban J connectivity index is 1.66. The van der Waals surface area contributed by atoms with Gasteiger partial charge in [0, 0.05) is 29.7 Å². The van der Waals surface area contributed by atoms with E-state index in [2.05, 4.69) is 36.4 Å². The molecule has 0 heterocycles. The Morgan fingerprint density at radius 1 is 1.13 bits per heavy atom. The van der Waals surface area contributed by atoms with Crippen molar-refractivity contribution in [3.63, 3.8) is 0 Å². The fourth-order valence-corrected chi connectivity index (χ4v) is 8.38. The molecular formula is C25H35BrO5. The zero-order valence-electron chi connectivity index (χ0n) is 19.1. The van der Waals surface area contributed by atoms with Crippen LogP contribution in [0.4, 0.5) is 0 Å². The number of Topliss-reactive ketones (excluding diaryl/α,β-unsaturated/α-hetero) is 1. The van der Waals surface area contributed by atoms with Crippen molar-refractivity contribution in [1.29, 1.82) is 0 Å². The van der Waals surface area contributed by atoms with Crippen LogP contribution >= 0.6 is 15.9 Å². The average Bonchev–Trinajstić information content (AvgIpc) is 2.85. The predicted molar refractivity (Wildman–Crippen MR) is 121 cm³/mol. The summed E-state index contributed by atoms with van der Waals surface area (Å²) >= 11 is 3.40. The van der Waals surface area contributed by atoms with E-state index < -0.39 is 16.4 Å². The molecule has 0 aromatic heterocycles. The van der Waals surface area contributed by atoms with Crippen LogP contribution in [0.1, 0.15) is 78.6 Å². The van der Waals surface area contributed by atoms with Crippen molar-refractivity contribution >= 4 is 33.7 Å². The number of esters is 2. The van der Waals surface area contributed by atoms with Crippen LogP contribution in [0.3, 0.4) is 0 Å². The molecule has 0 aromatic rings. The van der Waals surface area contributed by atoms with Gasteiger partial charge in [0.15, 0.2) is 5.78 Å². The fraction of sp³-hybridized carbons (Fsp3) is 0.800. The highest BCUT2D eigenvalue weighted by Crippen LogP contribution is 2.72. The molecule has 4 aliphatic rings. The maximum Gasteiger partial charge on any atom is 0.312 e. The van der Waals surface area contributed by atoms with Gasteiger partial charge in [-0.05, 0) is 69.1 Å². The quantitative estimate of drug-likeness (QED) is 0.228. The van der Waals surface area contributed by atoms with E-state index in [9.17, 15) is 14.4 Å². The lowest BCUT2D eigenvalue weighted by Crippen LogP contribution is -2.60. The van der Waals surface area contributed by atoms with Crippen LogP contribution in [0.5, 0.6) is 0 Å². The van der Waals surface area contributed by atoms with Crippen molar-refractivity contribution in [2.24, 2.45) is 28.1 Å². The molecule has 0 saturated heterocycles. The second-order valence-corrected chi connectivity index (χ2v) is 11.7. The van der Waals surface area contributed by atoms with Gasteiger partial charge in [-0.25, -0.2) is 0 Å². The molecular weight excluding hydrogens is 460 g/mol. The van der Waals surface area contributed by atoms with Crippen molar-refractivity contribution in [3.8, 4) is 0 Å². The molecule has 0 aromatic carbocycles. The normalized spacial score (nSPS) is 43.7. The molecule has 1 spiro atoms. The van der Waals surface area contributed by atoms with E-state index in [1.165, 1.54) is 6.92 Å². The van der Waals surface area contributed by atoms with Gasteiger partial charge in [0.05, 0.1) is 12.0 Å². The molecule has 0 N–H and O–H groups in total. The molecule has 5 nitrogen and oxygen atoms in total. The van der Waals surface area contributed by atoms with Gasteiger partial charge in [0.1, 0.15) is 5.60 Å². The standard InChI is InChI=1S/C25H35BrO5/c1-16-20(28)24-11-7-18-22(3,19(24)8-12-25(16,15-24)31-17(2)27)9-5-10-23(18,4)21(29)30-14-6-13-26/h18-19H,1,5-15H2,2-4H3/t18-,19-,22+,23+,24+,25+/m0/s1. The minimum absolute atomic E-state index is 0.0763. The molecule has 2 bridgehead atoms. The Labute approximate surface area is 193 Å². The third-order valence-electron chi connectivity index (χ3n) is 9.35. The Morgan fingerprint density at radius 2 is 1.84 bits per heavy atom. The average molecular weight is 495 g/mol. The smallest absolute Gasteiger partial charge is 0.312 e. The Morgan fingerprint density at radius 3 is 2.52 bits per heavy atom. The number of ketones is 1. The first-order chi connectivity index (χ1) is 14.6. The van der Waals surface area contributed by atoms with Crippen LogP contribution in [0.15, 0.2) is 12.2 Å². The van der Waals surface area contributed by atoms with Gasteiger partial charge in [0.2, 0.25) is 0 Å². The van der Waals surface area contributed by atoms with Gasteiger partial charge < -0.3 is 9.47 Å². The Kier molecular flexibility index (Phi) is 5.72. The summed E-state index contributed by atoms with van der Waals surface area (Å²) < 4.78 is 11.5. The number of carbonyl (C=O) groups is 3. The Bertz CT molecular complexity index is 823. The number of rotatable bonds is 5. The number of ether oxygens (including phenoxy) is 2. The number of halogens is 1. The van der Waals surface area contributed by atoms with E-state index >= 15 is 0 Å². The molecule has 4 rings (SSSR count). The molecule has 172 valence electrons. The molecule has 6 heteroatoms. The van der Waals surface area contributed by atoms with E-state index in [0.29, 0.717) is 25.0 Å². The van der Waals surface area contributed by atoms with E-state index in [1.54, 1.807) is 0 Å². The minimum atomic E-state index is -0.824. The summed E-state index contributed by atoms with van der Waals surface area (Å²) in [5, 5.41) is 0.818. The van der Waals surface area contributed by atoms with Crippen molar-refractivity contribution in [1.82, 2.24) is 0 Å². The van der Waals surface area contributed by atoms with Gasteiger partial charge in [-0.2, -0.15) is 0 Å². The molecule has 0 radical (unpaired) electrons. The lowest BCUT2D eigenvalue weighted by molar-refractivity contribution is -0.195. The second-order valence-electron chi connectivity index (χ2n) is 10.9. The van der Waals surface area contributed by atoms with Gasteiger partial charge in [-0.15, -0.1) is 0 Å². The van der Waals surface area contributed by atoms with Gasteiger partial charge >= 0.3 is 11.9 Å². The molecule has 4 aliphatic carbocycles. The molecule has 0 unspecified atom stereocenters. The van der Waals surface area contributed by atoms with Crippen LogP contribution in [0.2, 0.25) is 0 Å². The molecule has 6 atom stereocenters. The topological polar surface area (TPSA) is 69.7 Å². The third-order valence-corrected chi connectivity index (χ3v) is 9.91. The molecule has 4 fully saturated rings. The molecule has 0 aliphatic heterocycles. The zero-order valence-corrected chi connectivity index (χ0v) is 20.6. The highest BCUT2D eigenvalue weighted by atomic mass is 79.9. The monoisotopic (exact) mass is 494 g/mol. The number of alkyl halides is 1. The first kappa shape index (κ1) is 23.0.